The Morgan fingerprint density at radius 1 is 1.07 bits per heavy atom. The third kappa shape index (κ3) is 4.31. The van der Waals surface area contributed by atoms with Crippen molar-refractivity contribution < 1.29 is 14.4 Å². The summed E-state index contributed by atoms with van der Waals surface area (Å²) in [6.07, 6.45) is 4.04. The van der Waals surface area contributed by atoms with Gasteiger partial charge in [-0.05, 0) is 29.7 Å². The fourth-order valence-electron chi connectivity index (χ4n) is 3.06. The number of carbonyl (C=O) groups is 3. The summed E-state index contributed by atoms with van der Waals surface area (Å²) < 4.78 is 0. The number of hydrogen-bond donors (Lipinski definition) is 1. The van der Waals surface area contributed by atoms with E-state index < -0.39 is 23.5 Å². The van der Waals surface area contributed by atoms with Gasteiger partial charge in [-0.2, -0.15) is 0 Å². The normalized spacial score (nSPS) is 18.1. The van der Waals surface area contributed by atoms with Gasteiger partial charge in [-0.1, -0.05) is 60.7 Å². The Labute approximate surface area is 158 Å². The van der Waals surface area contributed by atoms with Crippen molar-refractivity contribution in [3.05, 3.63) is 71.3 Å². The zero-order valence-corrected chi connectivity index (χ0v) is 15.4. The summed E-state index contributed by atoms with van der Waals surface area (Å²) in [5.74, 6) is -2.57. The quantitative estimate of drug-likeness (QED) is 0.505. The molecule has 1 fully saturated rings. The van der Waals surface area contributed by atoms with Crippen molar-refractivity contribution in [3.8, 4) is 0 Å². The van der Waals surface area contributed by atoms with Gasteiger partial charge < -0.3 is 10.2 Å². The van der Waals surface area contributed by atoms with Crippen LogP contribution in [-0.4, -0.2) is 36.1 Å². The SMILES string of the molecule is C[C@H](NC(=O)C1CN(C)C(=O)C1=O)c1cccc(C=Cc2ccccc2)c1. The average Bonchev–Trinajstić information content (AvgIpc) is 2.95. The highest BCUT2D eigenvalue weighted by Gasteiger charge is 2.41. The van der Waals surface area contributed by atoms with Crippen molar-refractivity contribution in [2.45, 2.75) is 13.0 Å². The first-order valence-electron chi connectivity index (χ1n) is 8.88. The Hall–Kier alpha value is -3.21. The van der Waals surface area contributed by atoms with Gasteiger partial charge in [-0.3, -0.25) is 14.4 Å². The van der Waals surface area contributed by atoms with Crippen LogP contribution in [0.5, 0.6) is 0 Å². The Bertz CT molecular complexity index is 889. The largest absolute Gasteiger partial charge is 0.349 e. The molecule has 5 heteroatoms. The number of likely N-dealkylation sites (N-methyl/N-ethyl adjacent to an activating group) is 1. The number of carbonyl (C=O) groups excluding carboxylic acids is 3. The van der Waals surface area contributed by atoms with Crippen LogP contribution >= 0.6 is 0 Å². The van der Waals surface area contributed by atoms with Gasteiger partial charge in [0.25, 0.3) is 5.91 Å². The highest BCUT2D eigenvalue weighted by molar-refractivity contribution is 6.42. The Morgan fingerprint density at radius 2 is 1.74 bits per heavy atom. The van der Waals surface area contributed by atoms with Crippen molar-refractivity contribution in [2.24, 2.45) is 5.92 Å². The lowest BCUT2D eigenvalue weighted by atomic mass is 10.0. The van der Waals surface area contributed by atoms with Crippen molar-refractivity contribution in [1.82, 2.24) is 10.2 Å². The summed E-state index contributed by atoms with van der Waals surface area (Å²) in [5.41, 5.74) is 3.06. The molecule has 138 valence electrons. The van der Waals surface area contributed by atoms with Crippen LogP contribution in [0.25, 0.3) is 12.2 Å². The van der Waals surface area contributed by atoms with Crippen LogP contribution in [0.15, 0.2) is 54.6 Å². The monoisotopic (exact) mass is 362 g/mol. The fourth-order valence-corrected chi connectivity index (χ4v) is 3.06. The smallest absolute Gasteiger partial charge is 0.290 e. The van der Waals surface area contributed by atoms with Crippen LogP contribution < -0.4 is 5.32 Å². The highest BCUT2D eigenvalue weighted by Crippen LogP contribution is 2.19. The summed E-state index contributed by atoms with van der Waals surface area (Å²) in [5, 5.41) is 2.85. The van der Waals surface area contributed by atoms with E-state index in [1.54, 1.807) is 0 Å². The Balaban J connectivity index is 1.67. The molecule has 0 saturated carbocycles. The maximum atomic E-state index is 12.4. The average molecular weight is 362 g/mol. The number of hydrogen-bond acceptors (Lipinski definition) is 3. The molecule has 1 aliphatic heterocycles. The van der Waals surface area contributed by atoms with E-state index in [9.17, 15) is 14.4 Å². The van der Waals surface area contributed by atoms with Crippen molar-refractivity contribution in [2.75, 3.05) is 13.6 Å². The van der Waals surface area contributed by atoms with E-state index in [-0.39, 0.29) is 12.6 Å². The summed E-state index contributed by atoms with van der Waals surface area (Å²) >= 11 is 0. The molecule has 2 aromatic rings. The number of benzene rings is 2. The lowest BCUT2D eigenvalue weighted by Crippen LogP contribution is -2.37. The van der Waals surface area contributed by atoms with Crippen molar-refractivity contribution in [3.63, 3.8) is 0 Å². The molecular formula is C22H22N2O3. The van der Waals surface area contributed by atoms with E-state index in [0.717, 1.165) is 16.7 Å². The molecule has 2 aromatic carbocycles. The fraction of sp³-hybridized carbons (Fsp3) is 0.227. The van der Waals surface area contributed by atoms with Crippen molar-refractivity contribution in [1.29, 1.82) is 0 Å². The second-order valence-corrected chi connectivity index (χ2v) is 6.75. The maximum absolute atomic E-state index is 12.4. The lowest BCUT2D eigenvalue weighted by molar-refractivity contribution is -0.142. The molecule has 1 heterocycles. The van der Waals surface area contributed by atoms with E-state index in [0.29, 0.717) is 0 Å². The van der Waals surface area contributed by atoms with Crippen LogP contribution in [0.4, 0.5) is 0 Å². The van der Waals surface area contributed by atoms with Gasteiger partial charge in [0, 0.05) is 13.6 Å². The van der Waals surface area contributed by atoms with Crippen LogP contribution in [0.2, 0.25) is 0 Å². The van der Waals surface area contributed by atoms with Crippen LogP contribution in [-0.2, 0) is 14.4 Å². The highest BCUT2D eigenvalue weighted by atomic mass is 16.2. The van der Waals surface area contributed by atoms with E-state index in [4.69, 9.17) is 0 Å². The number of amides is 2. The van der Waals surface area contributed by atoms with E-state index in [1.165, 1.54) is 11.9 Å². The van der Waals surface area contributed by atoms with Gasteiger partial charge in [0.05, 0.1) is 6.04 Å². The van der Waals surface area contributed by atoms with Gasteiger partial charge in [-0.15, -0.1) is 0 Å². The summed E-state index contributed by atoms with van der Waals surface area (Å²) in [6.45, 7) is 2.00. The summed E-state index contributed by atoms with van der Waals surface area (Å²) in [4.78, 5) is 37.2. The van der Waals surface area contributed by atoms with E-state index in [2.05, 4.69) is 5.32 Å². The second-order valence-electron chi connectivity index (χ2n) is 6.75. The molecule has 0 radical (unpaired) electrons. The zero-order chi connectivity index (χ0) is 19.4. The molecule has 2 amide bonds. The molecule has 5 nitrogen and oxygen atoms in total. The van der Waals surface area contributed by atoms with Gasteiger partial charge in [-0.25, -0.2) is 0 Å². The molecule has 0 aliphatic carbocycles. The molecule has 1 N–H and O–H groups in total. The number of ketones is 1. The topological polar surface area (TPSA) is 66.5 Å². The molecular weight excluding hydrogens is 340 g/mol. The number of likely N-dealkylation sites (tertiary alicyclic amines) is 1. The number of rotatable bonds is 5. The van der Waals surface area contributed by atoms with E-state index in [1.807, 2.05) is 73.7 Å². The molecule has 1 unspecified atom stereocenters. The zero-order valence-electron chi connectivity index (χ0n) is 15.4. The van der Waals surface area contributed by atoms with Gasteiger partial charge in [0.2, 0.25) is 11.7 Å². The number of nitrogens with one attached hydrogen (secondary N) is 1. The maximum Gasteiger partial charge on any atom is 0.290 e. The van der Waals surface area contributed by atoms with Gasteiger partial charge >= 0.3 is 0 Å². The number of nitrogens with zero attached hydrogens (tertiary/aromatic N) is 1. The molecule has 3 rings (SSSR count). The molecule has 27 heavy (non-hydrogen) atoms. The first-order chi connectivity index (χ1) is 13.0. The first-order valence-corrected chi connectivity index (χ1v) is 8.88. The number of Topliss-reactive ketones (excluding diaryl/α,β-unsaturated/α-hetero) is 1. The molecule has 0 bridgehead atoms. The third-order valence-corrected chi connectivity index (χ3v) is 4.68. The van der Waals surface area contributed by atoms with Crippen LogP contribution in [0.1, 0.15) is 29.7 Å². The van der Waals surface area contributed by atoms with Crippen LogP contribution in [0, 0.1) is 5.92 Å². The lowest BCUT2D eigenvalue weighted by Gasteiger charge is -2.17. The van der Waals surface area contributed by atoms with Gasteiger partial charge in [0.15, 0.2) is 0 Å². The third-order valence-electron chi connectivity index (χ3n) is 4.68. The minimum absolute atomic E-state index is 0.135. The standard InChI is InChI=1S/C22H22N2O3/c1-15(23-21(26)19-14-24(2)22(27)20(19)25)18-10-6-9-17(13-18)12-11-16-7-4-3-5-8-16/h3-13,15,19H,14H2,1-2H3,(H,23,26)/t15-,19?/m0/s1. The summed E-state index contributed by atoms with van der Waals surface area (Å²) in [6, 6.07) is 17.6. The van der Waals surface area contributed by atoms with Crippen LogP contribution in [0.3, 0.4) is 0 Å². The predicted molar refractivity (Wildman–Crippen MR) is 105 cm³/mol. The predicted octanol–water partition coefficient (Wildman–Crippen LogP) is 2.69. The first kappa shape index (κ1) is 18.6. The molecule has 2 atom stereocenters. The summed E-state index contributed by atoms with van der Waals surface area (Å²) in [7, 11) is 1.53. The Morgan fingerprint density at radius 3 is 2.41 bits per heavy atom. The Kier molecular flexibility index (Phi) is 5.50. The minimum atomic E-state index is -0.925. The van der Waals surface area contributed by atoms with Gasteiger partial charge in [0.1, 0.15) is 5.92 Å². The van der Waals surface area contributed by atoms with Crippen molar-refractivity contribution >= 4 is 29.7 Å². The van der Waals surface area contributed by atoms with E-state index >= 15 is 0 Å². The minimum Gasteiger partial charge on any atom is -0.349 e. The molecule has 0 aromatic heterocycles. The molecule has 0 spiro atoms. The molecule has 1 aliphatic rings. The molecule has 1 saturated heterocycles. The second kappa shape index (κ2) is 7.99.